The summed E-state index contributed by atoms with van der Waals surface area (Å²) in [5.41, 5.74) is 0.956. The summed E-state index contributed by atoms with van der Waals surface area (Å²) >= 11 is 0. The third-order valence-electron chi connectivity index (χ3n) is 1.89. The third kappa shape index (κ3) is 1.67. The maximum atomic E-state index is 8.76. The molecule has 0 aliphatic rings. The van der Waals surface area contributed by atoms with Crippen LogP contribution in [0.15, 0.2) is 0 Å². The molecule has 0 saturated heterocycles. The molecular formula is C6H15NO3. The summed E-state index contributed by atoms with van der Waals surface area (Å²) in [7, 11) is 0. The SMILES string of the molecule is CC(C)C(CO)(CO)NO. The standard InChI is InChI=1S/C6H15NO3/c1-5(2)6(3-8,4-9)7-10/h5,7-10H,3-4H2,1-2H3. The molecular weight excluding hydrogens is 134 g/mol. The number of rotatable bonds is 4. The van der Waals surface area contributed by atoms with Gasteiger partial charge in [-0.25, -0.2) is 0 Å². The van der Waals surface area contributed by atoms with Gasteiger partial charge >= 0.3 is 0 Å². The second kappa shape index (κ2) is 3.88. The van der Waals surface area contributed by atoms with Gasteiger partial charge in [-0.05, 0) is 5.92 Å². The van der Waals surface area contributed by atoms with Gasteiger partial charge in [0.25, 0.3) is 0 Å². The predicted molar refractivity (Wildman–Crippen MR) is 36.7 cm³/mol. The second-order valence-electron chi connectivity index (χ2n) is 2.74. The Bertz CT molecular complexity index is 82.7. The quantitative estimate of drug-likeness (QED) is 0.401. The first-order valence-electron chi connectivity index (χ1n) is 3.26. The molecule has 0 heterocycles. The van der Waals surface area contributed by atoms with Crippen LogP contribution in [-0.4, -0.2) is 34.2 Å². The second-order valence-corrected chi connectivity index (χ2v) is 2.74. The Labute approximate surface area is 60.5 Å². The summed E-state index contributed by atoms with van der Waals surface area (Å²) in [5, 5.41) is 26.1. The number of nitrogens with one attached hydrogen (secondary N) is 1. The van der Waals surface area contributed by atoms with Gasteiger partial charge in [0.05, 0.1) is 18.8 Å². The lowest BCUT2D eigenvalue weighted by molar-refractivity contribution is -0.0375. The Morgan fingerprint density at radius 3 is 1.70 bits per heavy atom. The molecule has 0 aromatic heterocycles. The van der Waals surface area contributed by atoms with Crippen LogP contribution in [0.2, 0.25) is 0 Å². The molecule has 0 fully saturated rings. The molecule has 62 valence electrons. The van der Waals surface area contributed by atoms with E-state index in [-0.39, 0.29) is 19.1 Å². The van der Waals surface area contributed by atoms with E-state index < -0.39 is 5.54 Å². The van der Waals surface area contributed by atoms with Crippen molar-refractivity contribution in [3.05, 3.63) is 0 Å². The van der Waals surface area contributed by atoms with E-state index in [1.807, 2.05) is 5.48 Å². The van der Waals surface area contributed by atoms with Crippen LogP contribution in [0.25, 0.3) is 0 Å². The maximum absolute atomic E-state index is 8.76. The molecule has 10 heavy (non-hydrogen) atoms. The van der Waals surface area contributed by atoms with Crippen LogP contribution in [-0.2, 0) is 0 Å². The summed E-state index contributed by atoms with van der Waals surface area (Å²) in [5.74, 6) is -0.0208. The van der Waals surface area contributed by atoms with Crippen LogP contribution < -0.4 is 5.48 Å². The van der Waals surface area contributed by atoms with Gasteiger partial charge in [0.1, 0.15) is 0 Å². The van der Waals surface area contributed by atoms with Crippen LogP contribution in [0.3, 0.4) is 0 Å². The van der Waals surface area contributed by atoms with E-state index in [0.29, 0.717) is 0 Å². The van der Waals surface area contributed by atoms with Crippen molar-refractivity contribution in [1.29, 1.82) is 0 Å². The highest BCUT2D eigenvalue weighted by atomic mass is 16.5. The fourth-order valence-electron chi connectivity index (χ4n) is 0.615. The number of hydroxylamine groups is 1. The highest BCUT2D eigenvalue weighted by Crippen LogP contribution is 2.14. The minimum Gasteiger partial charge on any atom is -0.394 e. The van der Waals surface area contributed by atoms with Crippen molar-refractivity contribution in [2.75, 3.05) is 13.2 Å². The molecule has 0 aromatic carbocycles. The average molecular weight is 149 g/mol. The number of hydrogen-bond acceptors (Lipinski definition) is 4. The van der Waals surface area contributed by atoms with E-state index in [4.69, 9.17) is 15.4 Å². The summed E-state index contributed by atoms with van der Waals surface area (Å²) < 4.78 is 0. The van der Waals surface area contributed by atoms with Crippen LogP contribution >= 0.6 is 0 Å². The fourth-order valence-corrected chi connectivity index (χ4v) is 0.615. The first kappa shape index (κ1) is 9.84. The monoisotopic (exact) mass is 149 g/mol. The van der Waals surface area contributed by atoms with Crippen molar-refractivity contribution in [2.24, 2.45) is 5.92 Å². The van der Waals surface area contributed by atoms with E-state index in [9.17, 15) is 0 Å². The smallest absolute Gasteiger partial charge is 0.0912 e. The molecule has 0 bridgehead atoms. The Hall–Kier alpha value is -0.160. The van der Waals surface area contributed by atoms with E-state index in [0.717, 1.165) is 0 Å². The molecule has 4 nitrogen and oxygen atoms in total. The first-order chi connectivity index (χ1) is 4.63. The molecule has 0 spiro atoms. The summed E-state index contributed by atoms with van der Waals surface area (Å²) in [6, 6.07) is 0. The summed E-state index contributed by atoms with van der Waals surface area (Å²) in [4.78, 5) is 0. The van der Waals surface area contributed by atoms with Gasteiger partial charge in [0.15, 0.2) is 0 Å². The number of aliphatic hydroxyl groups excluding tert-OH is 2. The Kier molecular flexibility index (Phi) is 3.81. The van der Waals surface area contributed by atoms with Crippen molar-refractivity contribution in [1.82, 2.24) is 5.48 Å². The lowest BCUT2D eigenvalue weighted by atomic mass is 9.89. The summed E-state index contributed by atoms with van der Waals surface area (Å²) in [6.45, 7) is 3.04. The van der Waals surface area contributed by atoms with Gasteiger partial charge in [0.2, 0.25) is 0 Å². The molecule has 0 aliphatic carbocycles. The zero-order valence-corrected chi connectivity index (χ0v) is 6.33. The van der Waals surface area contributed by atoms with Crippen molar-refractivity contribution in [2.45, 2.75) is 19.4 Å². The topological polar surface area (TPSA) is 72.7 Å². The van der Waals surface area contributed by atoms with Crippen molar-refractivity contribution >= 4 is 0 Å². The Morgan fingerprint density at radius 1 is 1.30 bits per heavy atom. The maximum Gasteiger partial charge on any atom is 0.0912 e. The molecule has 0 amide bonds. The molecule has 0 radical (unpaired) electrons. The van der Waals surface area contributed by atoms with E-state index >= 15 is 0 Å². The minimum atomic E-state index is -0.958. The van der Waals surface area contributed by atoms with Crippen LogP contribution in [0.1, 0.15) is 13.8 Å². The largest absolute Gasteiger partial charge is 0.394 e. The molecule has 0 saturated carbocycles. The van der Waals surface area contributed by atoms with Crippen molar-refractivity contribution < 1.29 is 15.4 Å². The van der Waals surface area contributed by atoms with E-state index in [1.165, 1.54) is 0 Å². The van der Waals surface area contributed by atoms with E-state index in [2.05, 4.69) is 0 Å². The van der Waals surface area contributed by atoms with Crippen molar-refractivity contribution in [3.8, 4) is 0 Å². The normalized spacial score (nSPS) is 12.6. The molecule has 0 aromatic rings. The summed E-state index contributed by atoms with van der Waals surface area (Å²) in [6.07, 6.45) is 0. The van der Waals surface area contributed by atoms with Gasteiger partial charge in [-0.2, -0.15) is 5.48 Å². The molecule has 0 aliphatic heterocycles. The highest BCUT2D eigenvalue weighted by Gasteiger charge is 2.31. The molecule has 0 rings (SSSR count). The van der Waals surface area contributed by atoms with Crippen molar-refractivity contribution in [3.63, 3.8) is 0 Å². The molecule has 0 unspecified atom stereocenters. The molecule has 0 atom stereocenters. The lowest BCUT2D eigenvalue weighted by Gasteiger charge is -2.31. The minimum absolute atomic E-state index is 0.0208. The van der Waals surface area contributed by atoms with Crippen LogP contribution in [0.5, 0.6) is 0 Å². The first-order valence-corrected chi connectivity index (χ1v) is 3.26. The highest BCUT2D eigenvalue weighted by molar-refractivity contribution is 4.86. The van der Waals surface area contributed by atoms with Crippen LogP contribution in [0.4, 0.5) is 0 Å². The van der Waals surface area contributed by atoms with Gasteiger partial charge in [0, 0.05) is 0 Å². The number of aliphatic hydroxyl groups is 2. The number of hydrogen-bond donors (Lipinski definition) is 4. The zero-order chi connectivity index (χ0) is 8.20. The average Bonchev–Trinajstić information content (AvgIpc) is 1.92. The van der Waals surface area contributed by atoms with Gasteiger partial charge in [-0.1, -0.05) is 13.8 Å². The Balaban J connectivity index is 4.15. The van der Waals surface area contributed by atoms with E-state index in [1.54, 1.807) is 13.8 Å². The van der Waals surface area contributed by atoms with Gasteiger partial charge in [-0.15, -0.1) is 0 Å². The van der Waals surface area contributed by atoms with Gasteiger partial charge < -0.3 is 15.4 Å². The molecule has 4 N–H and O–H groups in total. The van der Waals surface area contributed by atoms with Crippen LogP contribution in [0, 0.1) is 5.92 Å². The predicted octanol–water partition coefficient (Wildman–Crippen LogP) is -0.655. The fraction of sp³-hybridized carbons (Fsp3) is 1.00. The Morgan fingerprint density at radius 2 is 1.70 bits per heavy atom. The molecule has 4 heteroatoms. The lowest BCUT2D eigenvalue weighted by Crippen LogP contribution is -2.54. The zero-order valence-electron chi connectivity index (χ0n) is 6.33. The third-order valence-corrected chi connectivity index (χ3v) is 1.89. The van der Waals surface area contributed by atoms with Gasteiger partial charge in [-0.3, -0.25) is 0 Å².